The van der Waals surface area contributed by atoms with Crippen molar-refractivity contribution in [3.8, 4) is 11.5 Å². The van der Waals surface area contributed by atoms with Crippen LogP contribution in [0, 0.1) is 0 Å². The molecule has 0 aromatic heterocycles. The Bertz CT molecular complexity index is 776. The first-order valence-electron chi connectivity index (χ1n) is 8.07. The zero-order valence-corrected chi connectivity index (χ0v) is 16.4. The number of hydrogen-bond donors (Lipinski definition) is 2. The third-order valence-corrected chi connectivity index (χ3v) is 3.88. The first-order valence-corrected chi connectivity index (χ1v) is 8.86. The highest BCUT2D eigenvalue weighted by Crippen LogP contribution is 2.24. The summed E-state index contributed by atoms with van der Waals surface area (Å²) in [5, 5.41) is 0. The number of benzene rings is 2. The molecule has 0 aliphatic carbocycles. The molecule has 0 fully saturated rings. The zero-order valence-electron chi connectivity index (χ0n) is 14.8. The summed E-state index contributed by atoms with van der Waals surface area (Å²) in [4.78, 5) is 24.4. The molecule has 0 heterocycles. The molecule has 26 heavy (non-hydrogen) atoms. The van der Waals surface area contributed by atoms with Gasteiger partial charge < -0.3 is 9.47 Å². The van der Waals surface area contributed by atoms with Crippen molar-refractivity contribution in [1.82, 2.24) is 10.9 Å². The zero-order chi connectivity index (χ0) is 19.1. The molecule has 2 N–H and O–H groups in total. The van der Waals surface area contributed by atoms with E-state index in [9.17, 15) is 9.59 Å². The Morgan fingerprint density at radius 1 is 1.08 bits per heavy atom. The molecule has 0 radical (unpaired) electrons. The van der Waals surface area contributed by atoms with Gasteiger partial charge in [-0.2, -0.15) is 0 Å². The number of amides is 2. The molecule has 0 atom stereocenters. The van der Waals surface area contributed by atoms with Gasteiger partial charge in [0, 0.05) is 4.47 Å². The second-order valence-corrected chi connectivity index (χ2v) is 6.75. The highest BCUT2D eigenvalue weighted by molar-refractivity contribution is 9.10. The molecule has 138 valence electrons. The molecule has 2 rings (SSSR count). The fraction of sp³-hybridized carbons (Fsp3) is 0.263. The molecule has 0 aliphatic rings. The van der Waals surface area contributed by atoms with E-state index in [1.165, 1.54) is 0 Å². The van der Waals surface area contributed by atoms with E-state index in [2.05, 4.69) is 26.8 Å². The van der Waals surface area contributed by atoms with E-state index in [-0.39, 0.29) is 18.4 Å². The molecule has 2 aromatic carbocycles. The predicted molar refractivity (Wildman–Crippen MR) is 102 cm³/mol. The minimum Gasteiger partial charge on any atom is -0.497 e. The highest BCUT2D eigenvalue weighted by Gasteiger charge is 2.15. The van der Waals surface area contributed by atoms with E-state index < -0.39 is 5.91 Å². The van der Waals surface area contributed by atoms with E-state index >= 15 is 0 Å². The number of nitrogens with one attached hydrogen (secondary N) is 2. The maximum atomic E-state index is 12.4. The fourth-order valence-electron chi connectivity index (χ4n) is 2.20. The molecule has 7 heteroatoms. The highest BCUT2D eigenvalue weighted by atomic mass is 79.9. The third kappa shape index (κ3) is 5.77. The van der Waals surface area contributed by atoms with Crippen molar-refractivity contribution in [3.63, 3.8) is 0 Å². The third-order valence-electron chi connectivity index (χ3n) is 3.39. The van der Waals surface area contributed by atoms with Crippen molar-refractivity contribution in [1.29, 1.82) is 0 Å². The Morgan fingerprint density at radius 2 is 1.77 bits per heavy atom. The summed E-state index contributed by atoms with van der Waals surface area (Å²) in [5.41, 5.74) is 5.98. The standard InChI is InChI=1S/C19H21BrN2O4/c1-12(2)26-17-9-6-14(20)11-16(17)19(24)22-21-18(23)10-13-4-7-15(25-3)8-5-13/h4-9,11-12H,10H2,1-3H3,(H,21,23)(H,22,24). The normalized spacial score (nSPS) is 10.3. The van der Waals surface area contributed by atoms with Crippen LogP contribution in [-0.2, 0) is 11.2 Å². The van der Waals surface area contributed by atoms with Crippen molar-refractivity contribution in [3.05, 3.63) is 58.1 Å². The van der Waals surface area contributed by atoms with Crippen LogP contribution in [0.4, 0.5) is 0 Å². The summed E-state index contributed by atoms with van der Waals surface area (Å²) >= 11 is 3.33. The SMILES string of the molecule is COc1ccc(CC(=O)NNC(=O)c2cc(Br)ccc2OC(C)C)cc1. The Balaban J connectivity index is 1.97. The maximum Gasteiger partial charge on any atom is 0.273 e. The van der Waals surface area contributed by atoms with E-state index in [0.717, 1.165) is 15.8 Å². The Hall–Kier alpha value is -2.54. The first-order chi connectivity index (χ1) is 12.4. The topological polar surface area (TPSA) is 76.7 Å². The van der Waals surface area contributed by atoms with Crippen LogP contribution in [0.3, 0.4) is 0 Å². The lowest BCUT2D eigenvalue weighted by molar-refractivity contribution is -0.121. The van der Waals surface area contributed by atoms with Crippen LogP contribution in [0.15, 0.2) is 46.9 Å². The van der Waals surface area contributed by atoms with Crippen LogP contribution in [0.2, 0.25) is 0 Å². The van der Waals surface area contributed by atoms with Gasteiger partial charge in [-0.05, 0) is 49.7 Å². The van der Waals surface area contributed by atoms with Crippen molar-refractivity contribution in [2.24, 2.45) is 0 Å². The van der Waals surface area contributed by atoms with Gasteiger partial charge in [-0.15, -0.1) is 0 Å². The molecular formula is C19H21BrN2O4. The maximum absolute atomic E-state index is 12.4. The summed E-state index contributed by atoms with van der Waals surface area (Å²) in [5.74, 6) is 0.384. The minimum atomic E-state index is -0.454. The van der Waals surface area contributed by atoms with Crippen molar-refractivity contribution < 1.29 is 19.1 Å². The van der Waals surface area contributed by atoms with Gasteiger partial charge in [0.15, 0.2) is 0 Å². The minimum absolute atomic E-state index is 0.0765. The van der Waals surface area contributed by atoms with Crippen molar-refractivity contribution >= 4 is 27.7 Å². The van der Waals surface area contributed by atoms with Crippen LogP contribution in [-0.4, -0.2) is 25.0 Å². The molecule has 0 saturated carbocycles. The second-order valence-electron chi connectivity index (χ2n) is 5.83. The molecule has 0 saturated heterocycles. The summed E-state index contributed by atoms with van der Waals surface area (Å²) in [6.45, 7) is 3.75. The number of hydrogen-bond acceptors (Lipinski definition) is 4. The lowest BCUT2D eigenvalue weighted by atomic mass is 10.1. The lowest BCUT2D eigenvalue weighted by Gasteiger charge is -2.15. The number of methoxy groups -OCH3 is 1. The lowest BCUT2D eigenvalue weighted by Crippen LogP contribution is -2.42. The number of halogens is 1. The van der Waals surface area contributed by atoms with Crippen molar-refractivity contribution in [2.75, 3.05) is 7.11 Å². The molecule has 0 unspecified atom stereocenters. The van der Waals surface area contributed by atoms with Crippen LogP contribution < -0.4 is 20.3 Å². The van der Waals surface area contributed by atoms with Gasteiger partial charge in [0.1, 0.15) is 11.5 Å². The van der Waals surface area contributed by atoms with E-state index in [1.54, 1.807) is 49.6 Å². The summed E-state index contributed by atoms with van der Waals surface area (Å²) in [6.07, 6.45) is 0.0605. The molecular weight excluding hydrogens is 400 g/mol. The summed E-state index contributed by atoms with van der Waals surface area (Å²) in [7, 11) is 1.58. The van der Waals surface area contributed by atoms with E-state index in [4.69, 9.17) is 9.47 Å². The Kier molecular flexibility index (Phi) is 7.03. The largest absolute Gasteiger partial charge is 0.497 e. The molecule has 2 amide bonds. The molecule has 6 nitrogen and oxygen atoms in total. The average molecular weight is 421 g/mol. The molecule has 0 spiro atoms. The number of rotatable bonds is 6. The number of carbonyl (C=O) groups excluding carboxylic acids is 2. The van der Waals surface area contributed by atoms with Gasteiger partial charge in [-0.3, -0.25) is 20.4 Å². The summed E-state index contributed by atoms with van der Waals surface area (Å²) in [6, 6.07) is 12.3. The van der Waals surface area contributed by atoms with Gasteiger partial charge >= 0.3 is 0 Å². The smallest absolute Gasteiger partial charge is 0.273 e. The van der Waals surface area contributed by atoms with Gasteiger partial charge in [0.2, 0.25) is 5.91 Å². The van der Waals surface area contributed by atoms with Gasteiger partial charge in [-0.1, -0.05) is 28.1 Å². The van der Waals surface area contributed by atoms with E-state index in [1.807, 2.05) is 13.8 Å². The van der Waals surface area contributed by atoms with Crippen LogP contribution in [0.5, 0.6) is 11.5 Å². The fourth-order valence-corrected chi connectivity index (χ4v) is 2.56. The van der Waals surface area contributed by atoms with Crippen LogP contribution >= 0.6 is 15.9 Å². The quantitative estimate of drug-likeness (QED) is 0.703. The van der Waals surface area contributed by atoms with Crippen LogP contribution in [0.1, 0.15) is 29.8 Å². The van der Waals surface area contributed by atoms with Gasteiger partial charge in [-0.25, -0.2) is 0 Å². The van der Waals surface area contributed by atoms with Crippen molar-refractivity contribution in [2.45, 2.75) is 26.4 Å². The number of carbonyl (C=O) groups is 2. The summed E-state index contributed by atoms with van der Waals surface area (Å²) < 4.78 is 11.5. The number of hydrazine groups is 1. The molecule has 0 aliphatic heterocycles. The molecule has 2 aromatic rings. The average Bonchev–Trinajstić information content (AvgIpc) is 2.61. The van der Waals surface area contributed by atoms with Gasteiger partial charge in [0.25, 0.3) is 5.91 Å². The Morgan fingerprint density at radius 3 is 2.38 bits per heavy atom. The predicted octanol–water partition coefficient (Wildman–Crippen LogP) is 3.25. The number of ether oxygens (including phenoxy) is 2. The molecule has 0 bridgehead atoms. The second kappa shape index (κ2) is 9.24. The first kappa shape index (κ1) is 19.8. The van der Waals surface area contributed by atoms with Crippen LogP contribution in [0.25, 0.3) is 0 Å². The van der Waals surface area contributed by atoms with Gasteiger partial charge in [0.05, 0.1) is 25.2 Å². The monoisotopic (exact) mass is 420 g/mol. The van der Waals surface area contributed by atoms with E-state index in [0.29, 0.717) is 11.3 Å². The Labute approximate surface area is 161 Å².